The van der Waals surface area contributed by atoms with E-state index < -0.39 is 5.97 Å². The number of rotatable bonds is 6. The maximum atomic E-state index is 10.6. The van der Waals surface area contributed by atoms with E-state index in [1.54, 1.807) is 0 Å². The summed E-state index contributed by atoms with van der Waals surface area (Å²) in [5.41, 5.74) is 1.90. The van der Waals surface area contributed by atoms with Gasteiger partial charge in [-0.1, -0.05) is 0 Å². The van der Waals surface area contributed by atoms with Gasteiger partial charge >= 0.3 is 5.97 Å². The zero-order valence-electron chi connectivity index (χ0n) is 10.3. The van der Waals surface area contributed by atoms with Crippen molar-refractivity contribution in [2.45, 2.75) is 26.4 Å². The van der Waals surface area contributed by atoms with Gasteiger partial charge in [-0.2, -0.15) is 0 Å². The van der Waals surface area contributed by atoms with Crippen LogP contribution < -0.4 is 9.47 Å². The molecular formula is C13H16O5. The monoisotopic (exact) mass is 252 g/mol. The number of hydrogen-bond acceptors (Lipinski definition) is 4. The van der Waals surface area contributed by atoms with Gasteiger partial charge in [0.1, 0.15) is 0 Å². The average molecular weight is 252 g/mol. The van der Waals surface area contributed by atoms with Crippen LogP contribution in [0, 0.1) is 0 Å². The molecule has 18 heavy (non-hydrogen) atoms. The molecule has 0 unspecified atom stereocenters. The molecule has 1 heterocycles. The number of aliphatic carboxylic acids is 1. The fraction of sp³-hybridized carbons (Fsp3) is 0.462. The van der Waals surface area contributed by atoms with E-state index >= 15 is 0 Å². The third-order valence-electron chi connectivity index (χ3n) is 2.76. The number of ether oxygens (including phenoxy) is 3. The van der Waals surface area contributed by atoms with Crippen LogP contribution in [0.25, 0.3) is 0 Å². The van der Waals surface area contributed by atoms with Gasteiger partial charge in [0.15, 0.2) is 11.5 Å². The average Bonchev–Trinajstić information content (AvgIpc) is 2.79. The molecule has 0 amide bonds. The molecule has 0 spiro atoms. The number of aryl methyl sites for hydroxylation is 1. The van der Waals surface area contributed by atoms with E-state index in [1.165, 1.54) is 0 Å². The van der Waals surface area contributed by atoms with Crippen molar-refractivity contribution in [3.63, 3.8) is 0 Å². The fourth-order valence-electron chi connectivity index (χ4n) is 1.85. The predicted molar refractivity (Wildman–Crippen MR) is 63.9 cm³/mol. The van der Waals surface area contributed by atoms with E-state index in [0.29, 0.717) is 31.1 Å². The molecule has 1 aromatic rings. The van der Waals surface area contributed by atoms with Crippen molar-refractivity contribution in [3.05, 3.63) is 23.3 Å². The molecule has 1 aromatic carbocycles. The third kappa shape index (κ3) is 2.92. The first-order valence-corrected chi connectivity index (χ1v) is 5.91. The minimum atomic E-state index is -0.810. The van der Waals surface area contributed by atoms with Crippen molar-refractivity contribution in [2.24, 2.45) is 0 Å². The van der Waals surface area contributed by atoms with Gasteiger partial charge in [-0.25, -0.2) is 0 Å². The fourth-order valence-corrected chi connectivity index (χ4v) is 1.85. The summed E-state index contributed by atoms with van der Waals surface area (Å²) in [7, 11) is 0. The van der Waals surface area contributed by atoms with E-state index in [-0.39, 0.29) is 13.2 Å². The molecule has 2 rings (SSSR count). The van der Waals surface area contributed by atoms with Crippen LogP contribution >= 0.6 is 0 Å². The maximum absolute atomic E-state index is 10.6. The Bertz CT molecular complexity index is 441. The van der Waals surface area contributed by atoms with Crippen molar-refractivity contribution >= 4 is 5.97 Å². The normalized spacial score (nSPS) is 12.7. The maximum Gasteiger partial charge on any atom is 0.303 e. The Labute approximate surface area is 105 Å². The minimum absolute atomic E-state index is 0.0960. The Morgan fingerprint density at radius 1 is 1.33 bits per heavy atom. The number of carboxylic acid groups (broad SMARTS) is 1. The first kappa shape index (κ1) is 12.7. The lowest BCUT2D eigenvalue weighted by molar-refractivity contribution is -0.136. The molecule has 98 valence electrons. The molecule has 0 saturated carbocycles. The molecule has 0 saturated heterocycles. The Hall–Kier alpha value is -1.75. The summed E-state index contributed by atoms with van der Waals surface area (Å²) in [5, 5.41) is 8.75. The second-order valence-electron chi connectivity index (χ2n) is 4.01. The van der Waals surface area contributed by atoms with Crippen molar-refractivity contribution in [2.75, 3.05) is 13.4 Å². The zero-order valence-corrected chi connectivity index (χ0v) is 10.3. The molecule has 0 fully saturated rings. The Morgan fingerprint density at radius 3 is 2.61 bits per heavy atom. The lowest BCUT2D eigenvalue weighted by Gasteiger charge is -2.10. The molecule has 1 aliphatic heterocycles. The third-order valence-corrected chi connectivity index (χ3v) is 2.76. The summed E-state index contributed by atoms with van der Waals surface area (Å²) in [6.07, 6.45) is 0.563. The van der Waals surface area contributed by atoms with Crippen LogP contribution in [-0.4, -0.2) is 24.5 Å². The second kappa shape index (κ2) is 5.73. The first-order valence-electron chi connectivity index (χ1n) is 5.91. The standard InChI is InChI=1S/C13H16O5/c1-2-16-7-10-6-12-11(17-8-18-12)5-9(10)3-4-13(14)15/h5-6H,2-4,7-8H2,1H3,(H,14,15). The molecule has 0 aliphatic carbocycles. The Morgan fingerprint density at radius 2 is 2.00 bits per heavy atom. The molecule has 5 nitrogen and oxygen atoms in total. The van der Waals surface area contributed by atoms with Gasteiger partial charge in [-0.15, -0.1) is 0 Å². The van der Waals surface area contributed by atoms with Crippen molar-refractivity contribution < 1.29 is 24.1 Å². The summed E-state index contributed by atoms with van der Waals surface area (Å²) in [6.45, 7) is 3.21. The van der Waals surface area contributed by atoms with Gasteiger partial charge in [-0.3, -0.25) is 4.79 Å². The highest BCUT2D eigenvalue weighted by atomic mass is 16.7. The van der Waals surface area contributed by atoms with E-state index in [0.717, 1.165) is 11.1 Å². The summed E-state index contributed by atoms with van der Waals surface area (Å²) < 4.78 is 16.0. The summed E-state index contributed by atoms with van der Waals surface area (Å²) >= 11 is 0. The van der Waals surface area contributed by atoms with Crippen LogP contribution in [0.3, 0.4) is 0 Å². The quantitative estimate of drug-likeness (QED) is 0.838. The highest BCUT2D eigenvalue weighted by Crippen LogP contribution is 2.35. The lowest BCUT2D eigenvalue weighted by Crippen LogP contribution is -2.02. The Kier molecular flexibility index (Phi) is 4.04. The van der Waals surface area contributed by atoms with E-state index in [4.69, 9.17) is 19.3 Å². The van der Waals surface area contributed by atoms with Crippen LogP contribution in [0.1, 0.15) is 24.5 Å². The van der Waals surface area contributed by atoms with Crippen molar-refractivity contribution in [1.82, 2.24) is 0 Å². The first-order chi connectivity index (χ1) is 8.70. The van der Waals surface area contributed by atoms with Crippen LogP contribution in [-0.2, 0) is 22.6 Å². The van der Waals surface area contributed by atoms with Gasteiger partial charge in [0, 0.05) is 13.0 Å². The predicted octanol–water partition coefficient (Wildman–Crippen LogP) is 1.97. The molecule has 0 bridgehead atoms. The minimum Gasteiger partial charge on any atom is -0.481 e. The second-order valence-corrected chi connectivity index (χ2v) is 4.01. The summed E-state index contributed by atoms with van der Waals surface area (Å²) in [4.78, 5) is 10.6. The van der Waals surface area contributed by atoms with Crippen LogP contribution in [0.2, 0.25) is 0 Å². The molecule has 0 aromatic heterocycles. The van der Waals surface area contributed by atoms with E-state index in [1.807, 2.05) is 19.1 Å². The van der Waals surface area contributed by atoms with Crippen LogP contribution in [0.15, 0.2) is 12.1 Å². The number of carboxylic acids is 1. The summed E-state index contributed by atoms with van der Waals surface area (Å²) in [6, 6.07) is 3.72. The van der Waals surface area contributed by atoms with Crippen LogP contribution in [0.4, 0.5) is 0 Å². The molecule has 1 aliphatic rings. The highest BCUT2D eigenvalue weighted by molar-refractivity contribution is 5.67. The highest BCUT2D eigenvalue weighted by Gasteiger charge is 2.17. The van der Waals surface area contributed by atoms with Crippen molar-refractivity contribution in [1.29, 1.82) is 0 Å². The molecule has 0 radical (unpaired) electrons. The van der Waals surface area contributed by atoms with Gasteiger partial charge in [0.25, 0.3) is 0 Å². The molecule has 1 N–H and O–H groups in total. The number of fused-ring (bicyclic) bond motifs is 1. The molecule has 5 heteroatoms. The van der Waals surface area contributed by atoms with Gasteiger partial charge < -0.3 is 19.3 Å². The molecule has 0 atom stereocenters. The zero-order chi connectivity index (χ0) is 13.0. The molecular weight excluding hydrogens is 236 g/mol. The lowest BCUT2D eigenvalue weighted by atomic mass is 10.0. The van der Waals surface area contributed by atoms with Gasteiger partial charge in [-0.05, 0) is 36.6 Å². The van der Waals surface area contributed by atoms with Crippen LogP contribution in [0.5, 0.6) is 11.5 Å². The number of carbonyl (C=O) groups is 1. The number of benzene rings is 1. The summed E-state index contributed by atoms with van der Waals surface area (Å²) in [5.74, 6) is 0.564. The topological polar surface area (TPSA) is 65.0 Å². The van der Waals surface area contributed by atoms with E-state index in [9.17, 15) is 4.79 Å². The van der Waals surface area contributed by atoms with E-state index in [2.05, 4.69) is 0 Å². The van der Waals surface area contributed by atoms with Crippen molar-refractivity contribution in [3.8, 4) is 11.5 Å². The smallest absolute Gasteiger partial charge is 0.303 e. The van der Waals surface area contributed by atoms with Gasteiger partial charge in [0.05, 0.1) is 6.61 Å². The SMILES string of the molecule is CCOCc1cc2c(cc1CCC(=O)O)OCO2. The largest absolute Gasteiger partial charge is 0.481 e. The van der Waals surface area contributed by atoms with Gasteiger partial charge in [0.2, 0.25) is 6.79 Å². The Balaban J connectivity index is 2.20. The number of hydrogen-bond donors (Lipinski definition) is 1.